The summed E-state index contributed by atoms with van der Waals surface area (Å²) in [4.78, 5) is 14.2. The summed E-state index contributed by atoms with van der Waals surface area (Å²) in [7, 11) is 0. The van der Waals surface area contributed by atoms with E-state index in [1.807, 2.05) is 44.2 Å². The number of ketones is 1. The van der Waals surface area contributed by atoms with Gasteiger partial charge in [-0.3, -0.25) is 4.79 Å². The van der Waals surface area contributed by atoms with Gasteiger partial charge in [0.15, 0.2) is 5.78 Å². The van der Waals surface area contributed by atoms with Gasteiger partial charge in [-0.05, 0) is 68.0 Å². The van der Waals surface area contributed by atoms with E-state index in [0.717, 1.165) is 25.1 Å². The highest BCUT2D eigenvalue weighted by atomic mass is 35.5. The maximum absolute atomic E-state index is 12.5. The molecule has 1 aliphatic heterocycles. The highest BCUT2D eigenvalue weighted by molar-refractivity contribution is 7.80. The van der Waals surface area contributed by atoms with Crippen molar-refractivity contribution in [2.24, 2.45) is 0 Å². The average Bonchev–Trinajstić information content (AvgIpc) is 3.31. The Morgan fingerprint density at radius 1 is 1.41 bits per heavy atom. The standard InChI is InChI=1S/C17H22N6O2S.ClH/c1-12(2)22(11-15(24)14-9-6-10-18-14)17(26)25-16-19-20-21-23(16)13-7-4-3-5-8-13;/h3-5,7-8,12,14,18H,6,9-11H2,1-2H3;1H/t14-;/m0./s1. The zero-order chi connectivity index (χ0) is 18.5. The molecule has 1 N–H and O–H groups in total. The number of para-hydroxylation sites is 1. The number of carbonyl (C=O) groups is 1. The van der Waals surface area contributed by atoms with Crippen LogP contribution in [0.4, 0.5) is 0 Å². The number of carbonyl (C=O) groups excluding carboxylic acids is 1. The van der Waals surface area contributed by atoms with Gasteiger partial charge < -0.3 is 15.0 Å². The van der Waals surface area contributed by atoms with Gasteiger partial charge in [0.05, 0.1) is 18.3 Å². The monoisotopic (exact) mass is 410 g/mol. The molecular formula is C17H23ClN6O2S. The molecule has 27 heavy (non-hydrogen) atoms. The molecule has 2 aromatic rings. The van der Waals surface area contributed by atoms with Gasteiger partial charge in [-0.1, -0.05) is 23.3 Å². The van der Waals surface area contributed by atoms with Crippen molar-refractivity contribution in [2.45, 2.75) is 38.8 Å². The molecule has 0 unspecified atom stereocenters. The highest BCUT2D eigenvalue weighted by Crippen LogP contribution is 2.15. The maximum Gasteiger partial charge on any atom is 0.347 e. The average molecular weight is 411 g/mol. The second-order valence-electron chi connectivity index (χ2n) is 6.41. The van der Waals surface area contributed by atoms with E-state index in [2.05, 4.69) is 20.8 Å². The van der Waals surface area contributed by atoms with Crippen LogP contribution in [-0.4, -0.2) is 61.2 Å². The van der Waals surface area contributed by atoms with Crippen molar-refractivity contribution in [3.63, 3.8) is 0 Å². The Labute approximate surface area is 169 Å². The molecule has 2 heterocycles. The molecule has 0 bridgehead atoms. The third-order valence-corrected chi connectivity index (χ3v) is 4.57. The van der Waals surface area contributed by atoms with Crippen molar-refractivity contribution in [2.75, 3.05) is 13.1 Å². The first-order valence-corrected chi connectivity index (χ1v) is 9.05. The number of halogens is 1. The lowest BCUT2D eigenvalue weighted by Gasteiger charge is -2.28. The molecule has 0 saturated carbocycles. The Morgan fingerprint density at radius 2 is 2.15 bits per heavy atom. The van der Waals surface area contributed by atoms with Crippen molar-refractivity contribution in [1.82, 2.24) is 30.4 Å². The molecule has 1 aromatic carbocycles. The number of hydrogen-bond acceptors (Lipinski definition) is 7. The van der Waals surface area contributed by atoms with Gasteiger partial charge in [-0.15, -0.1) is 12.4 Å². The summed E-state index contributed by atoms with van der Waals surface area (Å²) in [5.74, 6) is 0.116. The summed E-state index contributed by atoms with van der Waals surface area (Å²) < 4.78 is 7.20. The fraction of sp³-hybridized carbons (Fsp3) is 0.471. The van der Waals surface area contributed by atoms with Gasteiger partial charge in [0.1, 0.15) is 0 Å². The van der Waals surface area contributed by atoms with Gasteiger partial charge in [0, 0.05) is 6.04 Å². The van der Waals surface area contributed by atoms with E-state index in [1.165, 1.54) is 4.68 Å². The lowest BCUT2D eigenvalue weighted by Crippen LogP contribution is -2.46. The second kappa shape index (κ2) is 9.72. The Hall–Kier alpha value is -2.10. The van der Waals surface area contributed by atoms with Gasteiger partial charge in [0.25, 0.3) is 5.17 Å². The number of benzene rings is 1. The van der Waals surface area contributed by atoms with E-state index < -0.39 is 0 Å². The molecule has 1 atom stereocenters. The number of nitrogens with zero attached hydrogens (tertiary/aromatic N) is 5. The highest BCUT2D eigenvalue weighted by Gasteiger charge is 2.27. The lowest BCUT2D eigenvalue weighted by atomic mass is 10.1. The van der Waals surface area contributed by atoms with Crippen molar-refractivity contribution >= 4 is 35.6 Å². The Balaban J connectivity index is 0.00000261. The summed E-state index contributed by atoms with van der Waals surface area (Å²) in [6.45, 7) is 5.00. The van der Waals surface area contributed by atoms with Crippen LogP contribution in [0, 0.1) is 0 Å². The van der Waals surface area contributed by atoms with E-state index >= 15 is 0 Å². The number of hydrogen-bond donors (Lipinski definition) is 1. The summed E-state index contributed by atoms with van der Waals surface area (Å²) in [5, 5.41) is 14.9. The molecule has 0 aliphatic carbocycles. The quantitative estimate of drug-likeness (QED) is 0.721. The fourth-order valence-electron chi connectivity index (χ4n) is 2.81. The molecular weight excluding hydrogens is 388 g/mol. The van der Waals surface area contributed by atoms with E-state index in [0.29, 0.717) is 0 Å². The number of rotatable bonds is 6. The largest absolute Gasteiger partial charge is 0.395 e. The fourth-order valence-corrected chi connectivity index (χ4v) is 3.16. The molecule has 0 amide bonds. The smallest absolute Gasteiger partial charge is 0.347 e. The first kappa shape index (κ1) is 21.2. The third kappa shape index (κ3) is 5.21. The van der Waals surface area contributed by atoms with Gasteiger partial charge in [0.2, 0.25) is 0 Å². The van der Waals surface area contributed by atoms with Gasteiger partial charge in [-0.25, -0.2) is 0 Å². The number of thiocarbonyl (C=S) groups is 1. The molecule has 1 aromatic heterocycles. The minimum atomic E-state index is -0.103. The lowest BCUT2D eigenvalue weighted by molar-refractivity contribution is -0.121. The molecule has 1 aliphatic rings. The summed E-state index contributed by atoms with van der Waals surface area (Å²) in [6, 6.07) is 9.46. The minimum Gasteiger partial charge on any atom is -0.395 e. The number of aromatic nitrogens is 4. The van der Waals surface area contributed by atoms with Crippen LogP contribution in [0.2, 0.25) is 0 Å². The topological polar surface area (TPSA) is 85.2 Å². The number of nitrogens with one attached hydrogen (secondary N) is 1. The molecule has 0 spiro atoms. The molecule has 3 rings (SSSR count). The van der Waals surface area contributed by atoms with E-state index in [9.17, 15) is 4.79 Å². The van der Waals surface area contributed by atoms with Gasteiger partial charge in [-0.2, -0.15) is 4.68 Å². The molecule has 146 valence electrons. The van der Waals surface area contributed by atoms with Crippen LogP contribution in [0.25, 0.3) is 5.69 Å². The van der Waals surface area contributed by atoms with Crippen LogP contribution in [0.1, 0.15) is 26.7 Å². The van der Waals surface area contributed by atoms with Crippen LogP contribution in [0.3, 0.4) is 0 Å². The second-order valence-corrected chi connectivity index (χ2v) is 6.76. The molecule has 10 heteroatoms. The summed E-state index contributed by atoms with van der Waals surface area (Å²) in [6.07, 6.45) is 1.88. The van der Waals surface area contributed by atoms with Crippen LogP contribution in [0.15, 0.2) is 30.3 Å². The van der Waals surface area contributed by atoms with Gasteiger partial charge >= 0.3 is 6.01 Å². The summed E-state index contributed by atoms with van der Waals surface area (Å²) in [5.41, 5.74) is 0.762. The van der Waals surface area contributed by atoms with Crippen LogP contribution < -0.4 is 10.1 Å². The Bertz CT molecular complexity index is 764. The van der Waals surface area contributed by atoms with Crippen molar-refractivity contribution < 1.29 is 9.53 Å². The predicted octanol–water partition coefficient (Wildman–Crippen LogP) is 1.78. The predicted molar refractivity (Wildman–Crippen MR) is 108 cm³/mol. The number of Topliss-reactive ketones (excluding diaryl/α,β-unsaturated/α-hetero) is 1. The zero-order valence-corrected chi connectivity index (χ0v) is 16.9. The maximum atomic E-state index is 12.5. The Kier molecular flexibility index (Phi) is 7.64. The van der Waals surface area contributed by atoms with E-state index in [1.54, 1.807) is 4.90 Å². The molecule has 0 radical (unpaired) electrons. The van der Waals surface area contributed by atoms with Crippen molar-refractivity contribution in [3.8, 4) is 11.7 Å². The Morgan fingerprint density at radius 3 is 2.78 bits per heavy atom. The normalized spacial score (nSPS) is 16.0. The molecule has 1 saturated heterocycles. The first-order chi connectivity index (χ1) is 12.6. The van der Waals surface area contributed by atoms with Crippen LogP contribution >= 0.6 is 24.6 Å². The van der Waals surface area contributed by atoms with Crippen LogP contribution in [0.5, 0.6) is 6.01 Å². The summed E-state index contributed by atoms with van der Waals surface area (Å²) >= 11 is 5.42. The SMILES string of the molecule is CC(C)N(CC(=O)[C@@H]1CCCN1)C(=S)Oc1nnnn1-c1ccccc1.Cl. The van der Waals surface area contributed by atoms with Crippen LogP contribution in [-0.2, 0) is 4.79 Å². The minimum absolute atomic E-state index is 0. The van der Waals surface area contributed by atoms with E-state index in [4.69, 9.17) is 17.0 Å². The first-order valence-electron chi connectivity index (χ1n) is 8.64. The molecule has 8 nitrogen and oxygen atoms in total. The number of tetrazole rings is 1. The van der Waals surface area contributed by atoms with Crippen molar-refractivity contribution in [3.05, 3.63) is 30.3 Å². The van der Waals surface area contributed by atoms with Crippen molar-refractivity contribution in [1.29, 1.82) is 0 Å². The zero-order valence-electron chi connectivity index (χ0n) is 15.2. The van der Waals surface area contributed by atoms with E-state index in [-0.39, 0.29) is 48.0 Å². The molecule has 1 fully saturated rings. The number of ether oxygens (including phenoxy) is 1. The third-order valence-electron chi connectivity index (χ3n) is 4.25.